The second-order valence-electron chi connectivity index (χ2n) is 4.77. The Labute approximate surface area is 89.4 Å². The molecular formula is C10H18N4O. The second-order valence-corrected chi connectivity index (χ2v) is 4.77. The lowest BCUT2D eigenvalue weighted by Gasteiger charge is -2.27. The SMILES string of the molecule is CC(NC(=O)c1cc(N)n[nH]1)C(C)(C)C. The van der Waals surface area contributed by atoms with Crippen LogP contribution in [0.5, 0.6) is 0 Å². The summed E-state index contributed by atoms with van der Waals surface area (Å²) in [6, 6.07) is 1.60. The smallest absolute Gasteiger partial charge is 0.269 e. The first-order valence-corrected chi connectivity index (χ1v) is 4.92. The van der Waals surface area contributed by atoms with Crippen LogP contribution in [0.25, 0.3) is 0 Å². The third-order valence-electron chi connectivity index (χ3n) is 2.49. The predicted molar refractivity (Wildman–Crippen MR) is 59.4 cm³/mol. The highest BCUT2D eigenvalue weighted by atomic mass is 16.2. The van der Waals surface area contributed by atoms with Crippen molar-refractivity contribution in [3.63, 3.8) is 0 Å². The van der Waals surface area contributed by atoms with E-state index >= 15 is 0 Å². The van der Waals surface area contributed by atoms with Gasteiger partial charge in [0.25, 0.3) is 5.91 Å². The molecule has 1 atom stereocenters. The van der Waals surface area contributed by atoms with Gasteiger partial charge in [0.2, 0.25) is 0 Å². The minimum atomic E-state index is -0.179. The van der Waals surface area contributed by atoms with E-state index < -0.39 is 0 Å². The molecule has 0 radical (unpaired) electrons. The Hall–Kier alpha value is -1.52. The van der Waals surface area contributed by atoms with Gasteiger partial charge in [-0.2, -0.15) is 5.10 Å². The third kappa shape index (κ3) is 2.97. The number of nitrogens with zero attached hydrogens (tertiary/aromatic N) is 1. The number of anilines is 1. The molecule has 0 bridgehead atoms. The Morgan fingerprint density at radius 2 is 2.20 bits per heavy atom. The van der Waals surface area contributed by atoms with Crippen molar-refractivity contribution in [3.05, 3.63) is 11.8 Å². The highest BCUT2D eigenvalue weighted by Gasteiger charge is 2.22. The number of aromatic amines is 1. The second kappa shape index (κ2) is 3.92. The summed E-state index contributed by atoms with van der Waals surface area (Å²) in [4.78, 5) is 11.7. The maximum absolute atomic E-state index is 11.7. The first-order valence-electron chi connectivity index (χ1n) is 4.92. The molecule has 1 unspecified atom stereocenters. The van der Waals surface area contributed by atoms with Crippen molar-refractivity contribution in [1.82, 2.24) is 15.5 Å². The monoisotopic (exact) mass is 210 g/mol. The number of nitrogens with one attached hydrogen (secondary N) is 2. The van der Waals surface area contributed by atoms with Gasteiger partial charge in [0.1, 0.15) is 11.5 Å². The number of hydrogen-bond acceptors (Lipinski definition) is 3. The molecule has 0 spiro atoms. The third-order valence-corrected chi connectivity index (χ3v) is 2.49. The molecule has 1 aromatic heterocycles. The van der Waals surface area contributed by atoms with Crippen LogP contribution in [0.3, 0.4) is 0 Å². The van der Waals surface area contributed by atoms with Gasteiger partial charge in [0.15, 0.2) is 0 Å². The quantitative estimate of drug-likeness (QED) is 0.684. The van der Waals surface area contributed by atoms with Crippen LogP contribution in [0.2, 0.25) is 0 Å². The molecule has 5 nitrogen and oxygen atoms in total. The molecule has 1 heterocycles. The fraction of sp³-hybridized carbons (Fsp3) is 0.600. The molecule has 0 fully saturated rings. The lowest BCUT2D eigenvalue weighted by Crippen LogP contribution is -2.41. The summed E-state index contributed by atoms with van der Waals surface area (Å²) in [5.74, 6) is 0.144. The van der Waals surface area contributed by atoms with Crippen molar-refractivity contribution < 1.29 is 4.79 Å². The summed E-state index contributed by atoms with van der Waals surface area (Å²) in [6.45, 7) is 8.18. The lowest BCUT2D eigenvalue weighted by atomic mass is 9.88. The number of H-pyrrole nitrogens is 1. The van der Waals surface area contributed by atoms with Crippen LogP contribution in [0.4, 0.5) is 5.82 Å². The maximum Gasteiger partial charge on any atom is 0.269 e. The van der Waals surface area contributed by atoms with E-state index in [4.69, 9.17) is 5.73 Å². The molecular weight excluding hydrogens is 192 g/mol. The normalized spacial score (nSPS) is 13.6. The lowest BCUT2D eigenvalue weighted by molar-refractivity contribution is 0.0905. The molecule has 5 heteroatoms. The Balaban J connectivity index is 2.64. The van der Waals surface area contributed by atoms with E-state index in [9.17, 15) is 4.79 Å². The topological polar surface area (TPSA) is 83.8 Å². The molecule has 0 aliphatic rings. The van der Waals surface area contributed by atoms with Gasteiger partial charge in [0, 0.05) is 12.1 Å². The van der Waals surface area contributed by atoms with Gasteiger partial charge < -0.3 is 11.1 Å². The van der Waals surface area contributed by atoms with Crippen molar-refractivity contribution >= 4 is 11.7 Å². The summed E-state index contributed by atoms with van der Waals surface area (Å²) >= 11 is 0. The number of aromatic nitrogens is 2. The van der Waals surface area contributed by atoms with Gasteiger partial charge in [-0.3, -0.25) is 9.89 Å². The van der Waals surface area contributed by atoms with E-state index in [-0.39, 0.29) is 17.4 Å². The van der Waals surface area contributed by atoms with Crippen LogP contribution in [-0.4, -0.2) is 22.1 Å². The van der Waals surface area contributed by atoms with E-state index in [0.29, 0.717) is 11.5 Å². The molecule has 1 aromatic rings. The van der Waals surface area contributed by atoms with Crippen LogP contribution < -0.4 is 11.1 Å². The molecule has 0 aromatic carbocycles. The van der Waals surface area contributed by atoms with E-state index in [1.54, 1.807) is 0 Å². The van der Waals surface area contributed by atoms with Crippen molar-refractivity contribution in [1.29, 1.82) is 0 Å². The van der Waals surface area contributed by atoms with Crippen LogP contribution in [0.15, 0.2) is 6.07 Å². The number of carbonyl (C=O) groups is 1. The Morgan fingerprint density at radius 1 is 1.60 bits per heavy atom. The highest BCUT2D eigenvalue weighted by Crippen LogP contribution is 2.18. The molecule has 1 amide bonds. The number of nitrogens with two attached hydrogens (primary N) is 1. The summed E-state index contributed by atoms with van der Waals surface area (Å²) in [5.41, 5.74) is 5.83. The average Bonchev–Trinajstić information content (AvgIpc) is 2.50. The standard InChI is InChI=1S/C10H18N4O/c1-6(10(2,3)4)12-9(15)7-5-8(11)14-13-7/h5-6H,1-4H3,(H,12,15)(H3,11,13,14). The summed E-state index contributed by atoms with van der Waals surface area (Å²) < 4.78 is 0. The van der Waals surface area contributed by atoms with E-state index in [1.165, 1.54) is 6.07 Å². The number of carbonyl (C=O) groups excluding carboxylic acids is 1. The van der Waals surface area contributed by atoms with Crippen LogP contribution >= 0.6 is 0 Å². The van der Waals surface area contributed by atoms with Crippen molar-refractivity contribution in [3.8, 4) is 0 Å². The average molecular weight is 210 g/mol. The Kier molecular flexibility index (Phi) is 3.02. The van der Waals surface area contributed by atoms with E-state index in [0.717, 1.165) is 0 Å². The Morgan fingerprint density at radius 3 is 2.60 bits per heavy atom. The van der Waals surface area contributed by atoms with E-state index in [2.05, 4.69) is 36.3 Å². The number of hydrogen-bond donors (Lipinski definition) is 3. The van der Waals surface area contributed by atoms with Gasteiger partial charge in [-0.1, -0.05) is 20.8 Å². The zero-order valence-corrected chi connectivity index (χ0v) is 9.59. The zero-order chi connectivity index (χ0) is 11.6. The summed E-state index contributed by atoms with van der Waals surface area (Å²) in [6.07, 6.45) is 0. The number of rotatable bonds is 2. The fourth-order valence-electron chi connectivity index (χ4n) is 0.944. The zero-order valence-electron chi connectivity index (χ0n) is 9.59. The van der Waals surface area contributed by atoms with Crippen molar-refractivity contribution in [2.24, 2.45) is 5.41 Å². The van der Waals surface area contributed by atoms with Crippen LogP contribution in [0, 0.1) is 5.41 Å². The minimum absolute atomic E-state index is 0.0290. The molecule has 0 aliphatic carbocycles. The Bertz CT molecular complexity index is 351. The van der Waals surface area contributed by atoms with Crippen molar-refractivity contribution in [2.45, 2.75) is 33.7 Å². The maximum atomic E-state index is 11.7. The summed E-state index contributed by atoms with van der Waals surface area (Å²) in [5, 5.41) is 9.16. The van der Waals surface area contributed by atoms with Crippen molar-refractivity contribution in [2.75, 3.05) is 5.73 Å². The van der Waals surface area contributed by atoms with Crippen LogP contribution in [-0.2, 0) is 0 Å². The fourth-order valence-corrected chi connectivity index (χ4v) is 0.944. The molecule has 4 N–H and O–H groups in total. The molecule has 0 aliphatic heterocycles. The van der Waals surface area contributed by atoms with Gasteiger partial charge in [0.05, 0.1) is 0 Å². The number of nitrogen functional groups attached to an aromatic ring is 1. The summed E-state index contributed by atoms with van der Waals surface area (Å²) in [7, 11) is 0. The largest absolute Gasteiger partial charge is 0.382 e. The molecule has 0 saturated heterocycles. The first kappa shape index (κ1) is 11.6. The highest BCUT2D eigenvalue weighted by molar-refractivity contribution is 5.93. The predicted octanol–water partition coefficient (Wildman–Crippen LogP) is 1.16. The number of amides is 1. The minimum Gasteiger partial charge on any atom is -0.382 e. The van der Waals surface area contributed by atoms with E-state index in [1.807, 2.05) is 6.92 Å². The van der Waals surface area contributed by atoms with Crippen LogP contribution in [0.1, 0.15) is 38.2 Å². The van der Waals surface area contributed by atoms with Gasteiger partial charge in [-0.25, -0.2) is 0 Å². The molecule has 1 rings (SSSR count). The van der Waals surface area contributed by atoms with Gasteiger partial charge >= 0.3 is 0 Å². The molecule has 0 saturated carbocycles. The first-order chi connectivity index (χ1) is 6.80. The van der Waals surface area contributed by atoms with Gasteiger partial charge in [-0.15, -0.1) is 0 Å². The van der Waals surface area contributed by atoms with Gasteiger partial charge in [-0.05, 0) is 12.3 Å². The molecule has 15 heavy (non-hydrogen) atoms. The molecule has 84 valence electrons.